The molecule has 2 aromatic rings. The van der Waals surface area contributed by atoms with Crippen LogP contribution in [0.2, 0.25) is 0 Å². The molecular weight excluding hydrogens is 320 g/mol. The summed E-state index contributed by atoms with van der Waals surface area (Å²) in [5.74, 6) is 1.39. The van der Waals surface area contributed by atoms with Crippen LogP contribution in [-0.4, -0.2) is 27.8 Å². The standard InChI is InChI=1S/C20H26O3S/c1-20(2,3)17-9-11-19(12-10-17)23-13-18(21)15-24(22)14-16-7-5-4-6-8-16/h4-12,18,21H,13-15H2,1-3H3/t18-,24-/m1/s1. The molecule has 0 heterocycles. The van der Waals surface area contributed by atoms with Crippen LogP contribution in [-0.2, 0) is 22.0 Å². The smallest absolute Gasteiger partial charge is 0.119 e. The van der Waals surface area contributed by atoms with Crippen LogP contribution in [0.1, 0.15) is 31.9 Å². The lowest BCUT2D eigenvalue weighted by molar-refractivity contribution is 0.125. The summed E-state index contributed by atoms with van der Waals surface area (Å²) in [6.07, 6.45) is -0.739. The van der Waals surface area contributed by atoms with E-state index in [0.29, 0.717) is 5.75 Å². The van der Waals surface area contributed by atoms with Crippen molar-refractivity contribution in [2.75, 3.05) is 12.4 Å². The largest absolute Gasteiger partial charge is 0.491 e. The summed E-state index contributed by atoms with van der Waals surface area (Å²) < 4.78 is 17.7. The van der Waals surface area contributed by atoms with Crippen LogP contribution in [0.15, 0.2) is 54.6 Å². The van der Waals surface area contributed by atoms with Gasteiger partial charge in [0.05, 0.1) is 11.9 Å². The van der Waals surface area contributed by atoms with E-state index in [9.17, 15) is 9.32 Å². The van der Waals surface area contributed by atoms with Gasteiger partial charge in [0.2, 0.25) is 0 Å². The van der Waals surface area contributed by atoms with Gasteiger partial charge in [-0.15, -0.1) is 0 Å². The van der Waals surface area contributed by atoms with Gasteiger partial charge in [0, 0.05) is 16.6 Å². The third-order valence-electron chi connectivity index (χ3n) is 3.71. The SMILES string of the molecule is CC(C)(C)c1ccc(OC[C@@H](O)C[S@](=O)Cc2ccccc2)cc1. The van der Waals surface area contributed by atoms with E-state index in [-0.39, 0.29) is 17.8 Å². The highest BCUT2D eigenvalue weighted by Gasteiger charge is 2.14. The van der Waals surface area contributed by atoms with Crippen LogP contribution in [0.4, 0.5) is 0 Å². The van der Waals surface area contributed by atoms with Gasteiger partial charge in [-0.3, -0.25) is 4.21 Å². The minimum atomic E-state index is -1.10. The molecule has 0 fully saturated rings. The van der Waals surface area contributed by atoms with E-state index in [1.807, 2.05) is 54.6 Å². The normalized spacial score (nSPS) is 14.2. The summed E-state index contributed by atoms with van der Waals surface area (Å²) in [6.45, 7) is 6.63. The predicted molar refractivity (Wildman–Crippen MR) is 99.8 cm³/mol. The number of aliphatic hydroxyl groups excluding tert-OH is 1. The van der Waals surface area contributed by atoms with Crippen LogP contribution in [0.3, 0.4) is 0 Å². The zero-order valence-electron chi connectivity index (χ0n) is 14.6. The molecular formula is C20H26O3S. The maximum Gasteiger partial charge on any atom is 0.119 e. The molecule has 0 amide bonds. The number of aliphatic hydroxyl groups is 1. The zero-order chi connectivity index (χ0) is 17.6. The van der Waals surface area contributed by atoms with Crippen LogP contribution in [0.25, 0.3) is 0 Å². The molecule has 0 aliphatic rings. The Kier molecular flexibility index (Phi) is 6.58. The zero-order valence-corrected chi connectivity index (χ0v) is 15.4. The Hall–Kier alpha value is -1.65. The van der Waals surface area contributed by atoms with Crippen LogP contribution in [0.5, 0.6) is 5.75 Å². The first-order valence-electron chi connectivity index (χ1n) is 8.15. The molecule has 0 radical (unpaired) electrons. The van der Waals surface area contributed by atoms with E-state index < -0.39 is 16.9 Å². The van der Waals surface area contributed by atoms with Gasteiger partial charge in [-0.25, -0.2) is 0 Å². The average Bonchev–Trinajstić information content (AvgIpc) is 2.53. The Morgan fingerprint density at radius 1 is 1.04 bits per heavy atom. The van der Waals surface area contributed by atoms with Gasteiger partial charge in [0.25, 0.3) is 0 Å². The lowest BCUT2D eigenvalue weighted by atomic mass is 9.87. The summed E-state index contributed by atoms with van der Waals surface area (Å²) >= 11 is 0. The molecule has 3 nitrogen and oxygen atoms in total. The molecule has 2 aromatic carbocycles. The number of ether oxygens (including phenoxy) is 1. The second-order valence-corrected chi connectivity index (χ2v) is 8.48. The third-order valence-corrected chi connectivity index (χ3v) is 5.12. The second kappa shape index (κ2) is 8.45. The van der Waals surface area contributed by atoms with Crippen molar-refractivity contribution in [1.29, 1.82) is 0 Å². The van der Waals surface area contributed by atoms with Crippen molar-refractivity contribution < 1.29 is 14.1 Å². The van der Waals surface area contributed by atoms with Crippen molar-refractivity contribution in [3.05, 3.63) is 65.7 Å². The maximum absolute atomic E-state index is 12.1. The molecule has 0 saturated carbocycles. The van der Waals surface area contributed by atoms with Crippen molar-refractivity contribution in [3.8, 4) is 5.75 Å². The molecule has 0 spiro atoms. The topological polar surface area (TPSA) is 46.5 Å². The van der Waals surface area contributed by atoms with Gasteiger partial charge in [-0.1, -0.05) is 63.2 Å². The van der Waals surface area contributed by atoms with Gasteiger partial charge in [0.15, 0.2) is 0 Å². The highest BCUT2D eigenvalue weighted by molar-refractivity contribution is 7.84. The third kappa shape index (κ3) is 6.10. The van der Waals surface area contributed by atoms with Crippen molar-refractivity contribution in [2.45, 2.75) is 38.0 Å². The average molecular weight is 346 g/mol. The lowest BCUT2D eigenvalue weighted by Crippen LogP contribution is -2.25. The summed E-state index contributed by atoms with van der Waals surface area (Å²) in [5, 5.41) is 10.0. The molecule has 0 unspecified atom stereocenters. The van der Waals surface area contributed by atoms with E-state index in [1.54, 1.807) is 0 Å². The van der Waals surface area contributed by atoms with Gasteiger partial charge in [-0.05, 0) is 28.7 Å². The lowest BCUT2D eigenvalue weighted by Gasteiger charge is -2.19. The monoisotopic (exact) mass is 346 g/mol. The number of hydrogen-bond acceptors (Lipinski definition) is 3. The molecule has 4 heteroatoms. The fraction of sp³-hybridized carbons (Fsp3) is 0.400. The number of hydrogen-bond donors (Lipinski definition) is 1. The molecule has 0 aliphatic carbocycles. The summed E-state index contributed by atoms with van der Waals surface area (Å²) in [5.41, 5.74) is 2.35. The first kappa shape index (κ1) is 18.7. The van der Waals surface area contributed by atoms with Crippen LogP contribution < -0.4 is 4.74 Å². The van der Waals surface area contributed by atoms with Crippen molar-refractivity contribution >= 4 is 10.8 Å². The molecule has 1 N–H and O–H groups in total. The van der Waals surface area contributed by atoms with E-state index in [1.165, 1.54) is 5.56 Å². The molecule has 2 atom stereocenters. The van der Waals surface area contributed by atoms with Gasteiger partial charge in [-0.2, -0.15) is 0 Å². The minimum absolute atomic E-state index is 0.104. The Morgan fingerprint density at radius 2 is 1.67 bits per heavy atom. The molecule has 2 rings (SSSR count). The van der Waals surface area contributed by atoms with Crippen molar-refractivity contribution in [1.82, 2.24) is 0 Å². The Bertz CT molecular complexity index is 645. The highest BCUT2D eigenvalue weighted by Crippen LogP contribution is 2.24. The molecule has 0 bridgehead atoms. The van der Waals surface area contributed by atoms with Gasteiger partial charge >= 0.3 is 0 Å². The molecule has 0 aliphatic heterocycles. The molecule has 0 saturated heterocycles. The van der Waals surface area contributed by atoms with Gasteiger partial charge < -0.3 is 9.84 Å². The Balaban J connectivity index is 1.78. The van der Waals surface area contributed by atoms with E-state index in [2.05, 4.69) is 20.8 Å². The Labute approximate surface area is 147 Å². The number of rotatable bonds is 7. The fourth-order valence-electron chi connectivity index (χ4n) is 2.33. The van der Waals surface area contributed by atoms with E-state index in [4.69, 9.17) is 4.74 Å². The molecule has 130 valence electrons. The Morgan fingerprint density at radius 3 is 2.25 bits per heavy atom. The summed E-state index contributed by atoms with van der Waals surface area (Å²) in [7, 11) is -1.10. The first-order valence-corrected chi connectivity index (χ1v) is 9.64. The first-order chi connectivity index (χ1) is 11.3. The quantitative estimate of drug-likeness (QED) is 0.832. The van der Waals surface area contributed by atoms with Gasteiger partial charge in [0.1, 0.15) is 12.4 Å². The number of benzene rings is 2. The van der Waals surface area contributed by atoms with Crippen LogP contribution in [0, 0.1) is 0 Å². The maximum atomic E-state index is 12.1. The van der Waals surface area contributed by atoms with Crippen LogP contribution >= 0.6 is 0 Å². The second-order valence-electron chi connectivity index (χ2n) is 6.98. The summed E-state index contributed by atoms with van der Waals surface area (Å²) in [6, 6.07) is 17.6. The minimum Gasteiger partial charge on any atom is -0.491 e. The fourth-order valence-corrected chi connectivity index (χ4v) is 3.53. The molecule has 24 heavy (non-hydrogen) atoms. The highest BCUT2D eigenvalue weighted by atomic mass is 32.2. The van der Waals surface area contributed by atoms with Crippen molar-refractivity contribution in [3.63, 3.8) is 0 Å². The van der Waals surface area contributed by atoms with E-state index >= 15 is 0 Å². The van der Waals surface area contributed by atoms with Crippen molar-refractivity contribution in [2.24, 2.45) is 0 Å². The summed E-state index contributed by atoms with van der Waals surface area (Å²) in [4.78, 5) is 0. The molecule has 0 aromatic heterocycles. The van der Waals surface area contributed by atoms with E-state index in [0.717, 1.165) is 11.3 Å². The predicted octanol–water partition coefficient (Wildman–Crippen LogP) is 3.67.